The van der Waals surface area contributed by atoms with Crippen molar-refractivity contribution in [2.45, 2.75) is 19.4 Å². The van der Waals surface area contributed by atoms with Gasteiger partial charge in [0.15, 0.2) is 0 Å². The van der Waals surface area contributed by atoms with Gasteiger partial charge < -0.3 is 5.32 Å². The highest BCUT2D eigenvalue weighted by atomic mass is 79.9. The fraction of sp³-hybridized carbons (Fsp3) is 0.250. The zero-order chi connectivity index (χ0) is 15.4. The molecule has 21 heavy (non-hydrogen) atoms. The standard InChI is InChI=1S/C16H15BrCl2FN/c1-2-21-16(10-3-5-13(17)14(19)8-10)9-11-7-12(18)4-6-15(11)20/h3-8,16,21H,2,9H2,1H3. The average molecular weight is 391 g/mol. The number of hydrogen-bond donors (Lipinski definition) is 1. The first-order valence-electron chi connectivity index (χ1n) is 6.63. The summed E-state index contributed by atoms with van der Waals surface area (Å²) in [6.07, 6.45) is 0.512. The Labute approximate surface area is 142 Å². The predicted octanol–water partition coefficient (Wildman–Crippen LogP) is 5.79. The average Bonchev–Trinajstić information content (AvgIpc) is 2.45. The molecule has 0 aliphatic heterocycles. The van der Waals surface area contributed by atoms with Gasteiger partial charge in [-0.25, -0.2) is 4.39 Å². The van der Waals surface area contributed by atoms with E-state index < -0.39 is 0 Å². The Morgan fingerprint density at radius 2 is 1.95 bits per heavy atom. The van der Waals surface area contributed by atoms with E-state index in [1.807, 2.05) is 25.1 Å². The molecule has 0 amide bonds. The summed E-state index contributed by atoms with van der Waals surface area (Å²) in [5, 5.41) is 4.54. The SMILES string of the molecule is CCNC(Cc1cc(Cl)ccc1F)c1ccc(Br)c(Cl)c1. The van der Waals surface area contributed by atoms with Crippen molar-refractivity contribution in [2.24, 2.45) is 0 Å². The van der Waals surface area contributed by atoms with E-state index in [0.29, 0.717) is 22.0 Å². The second-order valence-corrected chi connectivity index (χ2v) is 6.42. The van der Waals surface area contributed by atoms with Crippen LogP contribution in [0.2, 0.25) is 10.0 Å². The van der Waals surface area contributed by atoms with Crippen molar-refractivity contribution in [3.63, 3.8) is 0 Å². The summed E-state index contributed by atoms with van der Waals surface area (Å²) in [7, 11) is 0. The van der Waals surface area contributed by atoms with Crippen LogP contribution in [-0.4, -0.2) is 6.54 Å². The quantitative estimate of drug-likeness (QED) is 0.681. The van der Waals surface area contributed by atoms with Gasteiger partial charge in [-0.1, -0.05) is 36.2 Å². The molecular weight excluding hydrogens is 376 g/mol. The highest BCUT2D eigenvalue weighted by Crippen LogP contribution is 2.28. The van der Waals surface area contributed by atoms with E-state index in [-0.39, 0.29) is 11.9 Å². The minimum absolute atomic E-state index is 0.0198. The van der Waals surface area contributed by atoms with E-state index in [4.69, 9.17) is 23.2 Å². The largest absolute Gasteiger partial charge is 0.310 e. The Kier molecular flexibility index (Phi) is 6.06. The molecule has 1 atom stereocenters. The van der Waals surface area contributed by atoms with Crippen LogP contribution in [0.15, 0.2) is 40.9 Å². The molecule has 0 bridgehead atoms. The van der Waals surface area contributed by atoms with Crippen LogP contribution < -0.4 is 5.32 Å². The Balaban J connectivity index is 2.30. The third-order valence-corrected chi connectivity index (χ3v) is 4.70. The highest BCUT2D eigenvalue weighted by molar-refractivity contribution is 9.10. The molecule has 1 nitrogen and oxygen atoms in total. The molecule has 0 aliphatic carbocycles. The van der Waals surface area contributed by atoms with E-state index in [1.54, 1.807) is 12.1 Å². The molecule has 0 aliphatic rings. The van der Waals surface area contributed by atoms with E-state index in [1.165, 1.54) is 6.07 Å². The van der Waals surface area contributed by atoms with E-state index in [9.17, 15) is 4.39 Å². The van der Waals surface area contributed by atoms with Crippen LogP contribution >= 0.6 is 39.1 Å². The van der Waals surface area contributed by atoms with E-state index in [0.717, 1.165) is 16.6 Å². The Morgan fingerprint density at radius 3 is 2.62 bits per heavy atom. The summed E-state index contributed by atoms with van der Waals surface area (Å²) >= 11 is 15.5. The van der Waals surface area contributed by atoms with Crippen LogP contribution in [0.1, 0.15) is 24.1 Å². The van der Waals surface area contributed by atoms with Crippen LogP contribution in [-0.2, 0) is 6.42 Å². The lowest BCUT2D eigenvalue weighted by atomic mass is 9.98. The molecule has 2 rings (SSSR count). The zero-order valence-corrected chi connectivity index (χ0v) is 14.6. The third kappa shape index (κ3) is 4.43. The van der Waals surface area contributed by atoms with Crippen LogP contribution in [0.4, 0.5) is 4.39 Å². The van der Waals surface area contributed by atoms with E-state index >= 15 is 0 Å². The fourth-order valence-electron chi connectivity index (χ4n) is 2.20. The van der Waals surface area contributed by atoms with Gasteiger partial charge in [-0.3, -0.25) is 0 Å². The third-order valence-electron chi connectivity index (χ3n) is 3.23. The van der Waals surface area contributed by atoms with Crippen LogP contribution in [0.25, 0.3) is 0 Å². The number of halogens is 4. The highest BCUT2D eigenvalue weighted by Gasteiger charge is 2.15. The fourth-order valence-corrected chi connectivity index (χ4v) is 2.83. The topological polar surface area (TPSA) is 12.0 Å². The molecule has 0 heterocycles. The molecule has 1 N–H and O–H groups in total. The van der Waals surface area contributed by atoms with Gasteiger partial charge in [-0.2, -0.15) is 0 Å². The molecule has 0 saturated carbocycles. The van der Waals surface area contributed by atoms with Crippen molar-refractivity contribution in [3.8, 4) is 0 Å². The van der Waals surface area contributed by atoms with Crippen molar-refractivity contribution < 1.29 is 4.39 Å². The first kappa shape index (κ1) is 16.8. The molecule has 0 spiro atoms. The molecule has 1 unspecified atom stereocenters. The van der Waals surface area contributed by atoms with Gasteiger partial charge in [-0.05, 0) is 70.4 Å². The number of likely N-dealkylation sites (N-methyl/N-ethyl adjacent to an activating group) is 1. The normalized spacial score (nSPS) is 12.4. The molecule has 2 aromatic rings. The molecule has 0 radical (unpaired) electrons. The molecule has 112 valence electrons. The Bertz CT molecular complexity index is 634. The van der Waals surface area contributed by atoms with Crippen LogP contribution in [0.3, 0.4) is 0 Å². The molecule has 5 heteroatoms. The van der Waals surface area contributed by atoms with Gasteiger partial charge >= 0.3 is 0 Å². The van der Waals surface area contributed by atoms with E-state index in [2.05, 4.69) is 21.2 Å². The van der Waals surface area contributed by atoms with Crippen molar-refractivity contribution in [1.29, 1.82) is 0 Å². The van der Waals surface area contributed by atoms with Crippen molar-refractivity contribution in [2.75, 3.05) is 6.54 Å². The smallest absolute Gasteiger partial charge is 0.126 e. The Hall–Kier alpha value is -0.610. The van der Waals surface area contributed by atoms with Gasteiger partial charge in [0, 0.05) is 15.5 Å². The lowest BCUT2D eigenvalue weighted by Crippen LogP contribution is -2.23. The molecule has 2 aromatic carbocycles. The van der Waals surface area contributed by atoms with Gasteiger partial charge in [0.1, 0.15) is 5.82 Å². The number of nitrogens with one attached hydrogen (secondary N) is 1. The lowest BCUT2D eigenvalue weighted by molar-refractivity contribution is 0.528. The number of rotatable bonds is 5. The summed E-state index contributed by atoms with van der Waals surface area (Å²) in [6.45, 7) is 2.79. The number of hydrogen-bond acceptors (Lipinski definition) is 1. The predicted molar refractivity (Wildman–Crippen MR) is 90.7 cm³/mol. The number of benzene rings is 2. The van der Waals surface area contributed by atoms with Crippen molar-refractivity contribution >= 4 is 39.1 Å². The maximum Gasteiger partial charge on any atom is 0.126 e. The first-order chi connectivity index (χ1) is 10.0. The summed E-state index contributed by atoms with van der Waals surface area (Å²) in [5.41, 5.74) is 1.61. The Morgan fingerprint density at radius 1 is 1.19 bits per heavy atom. The monoisotopic (exact) mass is 389 g/mol. The molecule has 0 saturated heterocycles. The minimum Gasteiger partial charge on any atom is -0.310 e. The summed E-state index contributed by atoms with van der Waals surface area (Å²) in [6, 6.07) is 10.4. The summed E-state index contributed by atoms with van der Waals surface area (Å²) < 4.78 is 14.8. The molecular formula is C16H15BrCl2FN. The van der Waals surface area contributed by atoms with Crippen LogP contribution in [0.5, 0.6) is 0 Å². The van der Waals surface area contributed by atoms with Gasteiger partial charge in [0.2, 0.25) is 0 Å². The minimum atomic E-state index is -0.245. The molecule has 0 fully saturated rings. The summed E-state index contributed by atoms with van der Waals surface area (Å²) in [4.78, 5) is 0. The first-order valence-corrected chi connectivity index (χ1v) is 8.18. The van der Waals surface area contributed by atoms with Crippen molar-refractivity contribution in [1.82, 2.24) is 5.32 Å². The lowest BCUT2D eigenvalue weighted by Gasteiger charge is -2.19. The van der Waals surface area contributed by atoms with Gasteiger partial charge in [0.25, 0.3) is 0 Å². The van der Waals surface area contributed by atoms with Gasteiger partial charge in [-0.15, -0.1) is 0 Å². The second kappa shape index (κ2) is 7.59. The maximum absolute atomic E-state index is 13.9. The van der Waals surface area contributed by atoms with Gasteiger partial charge in [0.05, 0.1) is 5.02 Å². The maximum atomic E-state index is 13.9. The summed E-state index contributed by atoms with van der Waals surface area (Å²) in [5.74, 6) is -0.245. The second-order valence-electron chi connectivity index (χ2n) is 4.72. The van der Waals surface area contributed by atoms with Crippen molar-refractivity contribution in [3.05, 3.63) is 67.9 Å². The van der Waals surface area contributed by atoms with Crippen LogP contribution in [0, 0.1) is 5.82 Å². The molecule has 0 aromatic heterocycles. The zero-order valence-electron chi connectivity index (χ0n) is 11.5.